The zero-order chi connectivity index (χ0) is 19.3. The standard InChI is InChI=1S/C19H20FN5O2/c1-4-9-23-12(2)10-24-15-16(21-18(23)24)22(3)19(27)25(17(15)26)11-13-7-5-6-8-14(13)20/h5-8,10H,4,9,11H2,1-3H3. The third-order valence-electron chi connectivity index (χ3n) is 4.87. The highest BCUT2D eigenvalue weighted by atomic mass is 19.1. The molecule has 0 N–H and O–H groups in total. The molecule has 1 aromatic carbocycles. The lowest BCUT2D eigenvalue weighted by atomic mass is 10.2. The van der Waals surface area contributed by atoms with Crippen LogP contribution >= 0.6 is 0 Å². The summed E-state index contributed by atoms with van der Waals surface area (Å²) in [6.45, 7) is 4.66. The summed E-state index contributed by atoms with van der Waals surface area (Å²) in [5.41, 5.74) is 0.926. The molecule has 3 aromatic heterocycles. The largest absolute Gasteiger partial charge is 0.332 e. The molecule has 0 unspecified atom stereocenters. The minimum atomic E-state index is -0.518. The van der Waals surface area contributed by atoms with Gasteiger partial charge in [0.2, 0.25) is 5.78 Å². The zero-order valence-corrected chi connectivity index (χ0v) is 15.4. The summed E-state index contributed by atoms with van der Waals surface area (Å²) >= 11 is 0. The number of aryl methyl sites for hydroxylation is 3. The smallest absolute Gasteiger partial charge is 0.314 e. The molecule has 0 fully saturated rings. The zero-order valence-electron chi connectivity index (χ0n) is 15.4. The summed E-state index contributed by atoms with van der Waals surface area (Å²) in [5.74, 6) is 0.176. The van der Waals surface area contributed by atoms with Crippen molar-refractivity contribution < 1.29 is 4.39 Å². The number of benzene rings is 1. The third-order valence-corrected chi connectivity index (χ3v) is 4.87. The number of fused-ring (bicyclic) bond motifs is 3. The van der Waals surface area contributed by atoms with E-state index in [1.54, 1.807) is 29.6 Å². The van der Waals surface area contributed by atoms with Crippen LogP contribution in [0, 0.1) is 12.7 Å². The summed E-state index contributed by atoms with van der Waals surface area (Å²) in [7, 11) is 1.57. The normalized spacial score (nSPS) is 11.7. The van der Waals surface area contributed by atoms with E-state index in [4.69, 9.17) is 0 Å². The van der Waals surface area contributed by atoms with E-state index in [9.17, 15) is 14.0 Å². The van der Waals surface area contributed by atoms with E-state index in [0.29, 0.717) is 16.9 Å². The first kappa shape index (κ1) is 17.3. The lowest BCUT2D eigenvalue weighted by molar-refractivity contribution is 0.582. The van der Waals surface area contributed by atoms with E-state index in [1.165, 1.54) is 10.6 Å². The molecule has 0 radical (unpaired) electrons. The van der Waals surface area contributed by atoms with Crippen LogP contribution in [0.15, 0.2) is 40.1 Å². The van der Waals surface area contributed by atoms with E-state index in [0.717, 1.165) is 23.2 Å². The Balaban J connectivity index is 2.03. The number of hydrogen-bond acceptors (Lipinski definition) is 3. The molecular formula is C19H20FN5O2. The summed E-state index contributed by atoms with van der Waals surface area (Å²) in [6.07, 6.45) is 2.77. The number of imidazole rings is 2. The van der Waals surface area contributed by atoms with Crippen LogP contribution in [0.4, 0.5) is 4.39 Å². The van der Waals surface area contributed by atoms with Crippen molar-refractivity contribution in [1.29, 1.82) is 0 Å². The van der Waals surface area contributed by atoms with Crippen LogP contribution in [-0.4, -0.2) is 23.1 Å². The molecule has 0 atom stereocenters. The van der Waals surface area contributed by atoms with Crippen molar-refractivity contribution in [2.24, 2.45) is 7.05 Å². The van der Waals surface area contributed by atoms with Crippen LogP contribution in [0.1, 0.15) is 24.6 Å². The Labute approximate surface area is 153 Å². The summed E-state index contributed by atoms with van der Waals surface area (Å²) in [5, 5.41) is 0. The fourth-order valence-electron chi connectivity index (χ4n) is 3.49. The van der Waals surface area contributed by atoms with Gasteiger partial charge in [0, 0.05) is 31.0 Å². The van der Waals surface area contributed by atoms with Crippen molar-refractivity contribution in [3.05, 3.63) is 68.4 Å². The van der Waals surface area contributed by atoms with Gasteiger partial charge < -0.3 is 4.57 Å². The Bertz CT molecular complexity index is 1290. The highest BCUT2D eigenvalue weighted by Crippen LogP contribution is 2.17. The van der Waals surface area contributed by atoms with Crippen molar-refractivity contribution in [2.75, 3.05) is 0 Å². The molecule has 0 aliphatic rings. The molecule has 0 spiro atoms. The van der Waals surface area contributed by atoms with Gasteiger partial charge in [-0.1, -0.05) is 25.1 Å². The maximum atomic E-state index is 14.0. The van der Waals surface area contributed by atoms with Crippen molar-refractivity contribution in [2.45, 2.75) is 33.4 Å². The minimum absolute atomic E-state index is 0.129. The molecule has 0 aliphatic heterocycles. The lowest BCUT2D eigenvalue weighted by Gasteiger charge is -2.08. The Kier molecular flexibility index (Phi) is 3.98. The van der Waals surface area contributed by atoms with E-state index in [-0.39, 0.29) is 12.1 Å². The van der Waals surface area contributed by atoms with Gasteiger partial charge in [-0.3, -0.25) is 18.3 Å². The van der Waals surface area contributed by atoms with Crippen LogP contribution in [-0.2, 0) is 20.1 Å². The summed E-state index contributed by atoms with van der Waals surface area (Å²) in [4.78, 5) is 30.4. The number of hydrogen-bond donors (Lipinski definition) is 0. The second-order valence-corrected chi connectivity index (χ2v) is 6.70. The second-order valence-electron chi connectivity index (χ2n) is 6.70. The third kappa shape index (κ3) is 2.51. The Morgan fingerprint density at radius 1 is 1.15 bits per heavy atom. The average molecular weight is 369 g/mol. The lowest BCUT2D eigenvalue weighted by Crippen LogP contribution is -2.39. The van der Waals surface area contributed by atoms with Gasteiger partial charge in [0.15, 0.2) is 11.2 Å². The maximum absolute atomic E-state index is 14.0. The van der Waals surface area contributed by atoms with Crippen LogP contribution < -0.4 is 11.2 Å². The second kappa shape index (κ2) is 6.22. The first-order valence-electron chi connectivity index (χ1n) is 8.85. The topological polar surface area (TPSA) is 66.2 Å². The molecule has 0 bridgehead atoms. The SMILES string of the molecule is CCCn1c(C)cn2c3c(=O)n(Cc4ccccc4F)c(=O)n(C)c3nc12. The van der Waals surface area contributed by atoms with Crippen LogP contribution in [0.2, 0.25) is 0 Å². The molecule has 0 aliphatic carbocycles. The van der Waals surface area contributed by atoms with Crippen molar-refractivity contribution in [1.82, 2.24) is 23.1 Å². The molecular weight excluding hydrogens is 349 g/mol. The molecule has 0 saturated heterocycles. The molecule has 7 nitrogen and oxygen atoms in total. The highest BCUT2D eigenvalue weighted by Gasteiger charge is 2.20. The van der Waals surface area contributed by atoms with Gasteiger partial charge in [-0.25, -0.2) is 9.18 Å². The van der Waals surface area contributed by atoms with E-state index >= 15 is 0 Å². The molecule has 4 rings (SSSR count). The van der Waals surface area contributed by atoms with Gasteiger partial charge in [0.05, 0.1) is 6.54 Å². The highest BCUT2D eigenvalue weighted by molar-refractivity contribution is 5.75. The fraction of sp³-hybridized carbons (Fsp3) is 0.316. The molecule has 0 saturated carbocycles. The first-order valence-corrected chi connectivity index (χ1v) is 8.85. The average Bonchev–Trinajstić information content (AvgIpc) is 3.15. The van der Waals surface area contributed by atoms with Gasteiger partial charge in [-0.2, -0.15) is 4.98 Å². The van der Waals surface area contributed by atoms with E-state index < -0.39 is 17.1 Å². The monoisotopic (exact) mass is 369 g/mol. The predicted octanol–water partition coefficient (Wildman–Crippen LogP) is 2.06. The molecule has 4 aromatic rings. The number of halogens is 1. The van der Waals surface area contributed by atoms with Gasteiger partial charge in [-0.05, 0) is 19.4 Å². The first-order chi connectivity index (χ1) is 12.9. The summed E-state index contributed by atoms with van der Waals surface area (Å²) in [6, 6.07) is 6.13. The van der Waals surface area contributed by atoms with E-state index in [2.05, 4.69) is 11.9 Å². The summed E-state index contributed by atoms with van der Waals surface area (Å²) < 4.78 is 20.2. The van der Waals surface area contributed by atoms with Crippen LogP contribution in [0.5, 0.6) is 0 Å². The molecule has 140 valence electrons. The van der Waals surface area contributed by atoms with Crippen molar-refractivity contribution >= 4 is 16.9 Å². The number of aromatic nitrogens is 5. The van der Waals surface area contributed by atoms with Gasteiger partial charge in [0.1, 0.15) is 5.82 Å². The Hall–Kier alpha value is -3.16. The van der Waals surface area contributed by atoms with Crippen molar-refractivity contribution in [3.63, 3.8) is 0 Å². The number of rotatable bonds is 4. The predicted molar refractivity (Wildman–Crippen MR) is 101 cm³/mol. The number of nitrogens with zero attached hydrogens (tertiary/aromatic N) is 5. The Morgan fingerprint density at radius 3 is 2.59 bits per heavy atom. The van der Waals surface area contributed by atoms with Crippen molar-refractivity contribution in [3.8, 4) is 0 Å². The fourth-order valence-corrected chi connectivity index (χ4v) is 3.49. The van der Waals surface area contributed by atoms with E-state index in [1.807, 2.05) is 17.7 Å². The minimum Gasteiger partial charge on any atom is -0.314 e. The molecule has 27 heavy (non-hydrogen) atoms. The van der Waals surface area contributed by atoms with Crippen LogP contribution in [0.25, 0.3) is 16.9 Å². The molecule has 0 amide bonds. The van der Waals surface area contributed by atoms with Gasteiger partial charge >= 0.3 is 5.69 Å². The molecule has 3 heterocycles. The quantitative estimate of drug-likeness (QED) is 0.553. The van der Waals surface area contributed by atoms with Gasteiger partial charge in [0.25, 0.3) is 5.56 Å². The maximum Gasteiger partial charge on any atom is 0.332 e. The van der Waals surface area contributed by atoms with Crippen LogP contribution in [0.3, 0.4) is 0 Å². The molecule has 8 heteroatoms. The van der Waals surface area contributed by atoms with Gasteiger partial charge in [-0.15, -0.1) is 0 Å². The Morgan fingerprint density at radius 2 is 1.89 bits per heavy atom.